The lowest BCUT2D eigenvalue weighted by atomic mass is 10.1. The highest BCUT2D eigenvalue weighted by molar-refractivity contribution is 6.05. The van der Waals surface area contributed by atoms with Crippen molar-refractivity contribution in [1.29, 1.82) is 0 Å². The van der Waals surface area contributed by atoms with Crippen molar-refractivity contribution in [3.8, 4) is 0 Å². The normalized spacial score (nSPS) is 20.3. The Morgan fingerprint density at radius 2 is 2.00 bits per heavy atom. The van der Waals surface area contributed by atoms with Crippen molar-refractivity contribution in [2.45, 2.75) is 44.8 Å². The molecule has 2 aliphatic rings. The van der Waals surface area contributed by atoms with E-state index in [2.05, 4.69) is 5.32 Å². The van der Waals surface area contributed by atoms with Gasteiger partial charge in [-0.25, -0.2) is 0 Å². The smallest absolute Gasteiger partial charge is 0.324 e. The van der Waals surface area contributed by atoms with Gasteiger partial charge in [-0.15, -0.1) is 0 Å². The fourth-order valence-electron chi connectivity index (χ4n) is 3.48. The second kappa shape index (κ2) is 7.88. The van der Waals surface area contributed by atoms with Crippen LogP contribution in [0.1, 0.15) is 32.6 Å². The molecule has 1 aromatic carbocycles. The fourth-order valence-corrected chi connectivity index (χ4v) is 3.48. The molecule has 27 heavy (non-hydrogen) atoms. The Bertz CT molecular complexity index is 704. The molecule has 0 aromatic heterocycles. The number of hydrogen-bond donors (Lipinski definition) is 1. The van der Waals surface area contributed by atoms with E-state index >= 15 is 0 Å². The highest BCUT2D eigenvalue weighted by Crippen LogP contribution is 2.38. The molecule has 1 aliphatic carbocycles. The van der Waals surface area contributed by atoms with Gasteiger partial charge in [0.1, 0.15) is 6.04 Å². The number of para-hydroxylation sites is 2. The molecule has 5 nitrogen and oxygen atoms in total. The quantitative estimate of drug-likeness (QED) is 0.819. The number of amides is 2. The molecule has 3 rings (SSSR count). The summed E-state index contributed by atoms with van der Waals surface area (Å²) in [7, 11) is 0. The maximum Gasteiger partial charge on any atom is 0.409 e. The van der Waals surface area contributed by atoms with Gasteiger partial charge < -0.3 is 5.32 Å². The largest absolute Gasteiger partial charge is 0.409 e. The van der Waals surface area contributed by atoms with Crippen molar-refractivity contribution >= 4 is 23.2 Å². The molecule has 148 valence electrons. The number of halogens is 3. The standard InChI is InChI=1S/C19H24F3N3O2/c1-2-9-24(11-13-7-8-13)12-18(27)25-15-6-4-3-5-14(15)23-17(26)10-16(25)19(20,21)22/h3-6,13,16H,2,7-12H2,1H3,(H,23,26). The lowest BCUT2D eigenvalue weighted by Crippen LogP contribution is -2.52. The Hall–Kier alpha value is -2.09. The molecule has 0 bridgehead atoms. The molecule has 0 spiro atoms. The topological polar surface area (TPSA) is 52.7 Å². The van der Waals surface area contributed by atoms with Crippen LogP contribution in [-0.2, 0) is 9.59 Å². The molecule has 1 unspecified atom stereocenters. The van der Waals surface area contributed by atoms with Gasteiger partial charge in [0.2, 0.25) is 11.8 Å². The van der Waals surface area contributed by atoms with Crippen LogP contribution in [0.2, 0.25) is 0 Å². The average Bonchev–Trinajstić information content (AvgIpc) is 3.39. The van der Waals surface area contributed by atoms with E-state index in [0.717, 1.165) is 30.7 Å². The van der Waals surface area contributed by atoms with Gasteiger partial charge >= 0.3 is 6.18 Å². The molecule has 1 N–H and O–H groups in total. The molecule has 8 heteroatoms. The van der Waals surface area contributed by atoms with E-state index in [9.17, 15) is 22.8 Å². The van der Waals surface area contributed by atoms with Crippen molar-refractivity contribution in [3.05, 3.63) is 24.3 Å². The summed E-state index contributed by atoms with van der Waals surface area (Å²) in [5.74, 6) is -0.846. The van der Waals surface area contributed by atoms with Gasteiger partial charge in [-0.2, -0.15) is 13.2 Å². The lowest BCUT2D eigenvalue weighted by molar-refractivity contribution is -0.158. The number of carbonyl (C=O) groups excluding carboxylic acids is 2. The monoisotopic (exact) mass is 383 g/mol. The Labute approximate surface area is 156 Å². The molecule has 0 radical (unpaired) electrons. The van der Waals surface area contributed by atoms with Crippen LogP contribution in [0.4, 0.5) is 24.5 Å². The van der Waals surface area contributed by atoms with Crippen molar-refractivity contribution in [3.63, 3.8) is 0 Å². The van der Waals surface area contributed by atoms with Crippen LogP contribution in [0, 0.1) is 5.92 Å². The van der Waals surface area contributed by atoms with Crippen LogP contribution < -0.4 is 10.2 Å². The second-order valence-corrected chi connectivity index (χ2v) is 7.27. The maximum atomic E-state index is 13.7. The Morgan fingerprint density at radius 1 is 1.30 bits per heavy atom. The number of rotatable bonds is 6. The SMILES string of the molecule is CCCN(CC(=O)N1c2ccccc2NC(=O)CC1C(F)(F)F)CC1CC1. The fraction of sp³-hybridized carbons (Fsp3) is 0.579. The van der Waals surface area contributed by atoms with E-state index in [1.165, 1.54) is 12.1 Å². The Morgan fingerprint density at radius 3 is 2.63 bits per heavy atom. The third kappa shape index (κ3) is 4.80. The zero-order valence-corrected chi connectivity index (χ0v) is 15.3. The minimum Gasteiger partial charge on any atom is -0.324 e. The van der Waals surface area contributed by atoms with Crippen molar-refractivity contribution < 1.29 is 22.8 Å². The maximum absolute atomic E-state index is 13.7. The van der Waals surface area contributed by atoms with E-state index in [1.807, 2.05) is 11.8 Å². The van der Waals surface area contributed by atoms with Gasteiger partial charge in [-0.1, -0.05) is 19.1 Å². The Kier molecular flexibility index (Phi) is 5.74. The zero-order chi connectivity index (χ0) is 19.6. The van der Waals surface area contributed by atoms with Crippen LogP contribution in [0.5, 0.6) is 0 Å². The summed E-state index contributed by atoms with van der Waals surface area (Å²) in [5.41, 5.74) is 0.324. The van der Waals surface area contributed by atoms with Gasteiger partial charge in [0.15, 0.2) is 0 Å². The van der Waals surface area contributed by atoms with Gasteiger partial charge in [-0.3, -0.25) is 19.4 Å². The van der Waals surface area contributed by atoms with Crippen LogP contribution in [0.15, 0.2) is 24.3 Å². The van der Waals surface area contributed by atoms with Gasteiger partial charge in [0, 0.05) is 6.54 Å². The Balaban J connectivity index is 1.91. The number of nitrogens with zero attached hydrogens (tertiary/aromatic N) is 2. The summed E-state index contributed by atoms with van der Waals surface area (Å²) < 4.78 is 41.2. The molecule has 1 aliphatic heterocycles. The highest BCUT2D eigenvalue weighted by atomic mass is 19.4. The lowest BCUT2D eigenvalue weighted by Gasteiger charge is -2.33. The van der Waals surface area contributed by atoms with Crippen molar-refractivity contribution in [2.24, 2.45) is 5.92 Å². The van der Waals surface area contributed by atoms with Crippen LogP contribution >= 0.6 is 0 Å². The molecule has 1 fully saturated rings. The van der Waals surface area contributed by atoms with Crippen molar-refractivity contribution in [1.82, 2.24) is 4.90 Å². The number of anilines is 2. The summed E-state index contributed by atoms with van der Waals surface area (Å²) >= 11 is 0. The minimum absolute atomic E-state index is 0.0839. The molecular weight excluding hydrogens is 359 g/mol. The zero-order valence-electron chi connectivity index (χ0n) is 15.3. The second-order valence-electron chi connectivity index (χ2n) is 7.27. The van der Waals surface area contributed by atoms with E-state index in [1.54, 1.807) is 12.1 Å². The number of hydrogen-bond acceptors (Lipinski definition) is 3. The van der Waals surface area contributed by atoms with Gasteiger partial charge in [-0.05, 0) is 43.9 Å². The first-order valence-corrected chi connectivity index (χ1v) is 9.29. The summed E-state index contributed by atoms with van der Waals surface area (Å²) in [6.45, 7) is 3.28. The van der Waals surface area contributed by atoms with E-state index in [0.29, 0.717) is 12.5 Å². The van der Waals surface area contributed by atoms with Gasteiger partial charge in [0.25, 0.3) is 0 Å². The van der Waals surface area contributed by atoms with Crippen LogP contribution in [0.25, 0.3) is 0 Å². The molecule has 1 heterocycles. The predicted octanol–water partition coefficient (Wildman–Crippen LogP) is 3.41. The third-order valence-corrected chi connectivity index (χ3v) is 4.89. The number of fused-ring (bicyclic) bond motifs is 1. The number of benzene rings is 1. The molecular formula is C19H24F3N3O2. The van der Waals surface area contributed by atoms with E-state index in [4.69, 9.17) is 0 Å². The number of carbonyl (C=O) groups is 2. The summed E-state index contributed by atoms with van der Waals surface area (Å²) in [6, 6.07) is 3.98. The van der Waals surface area contributed by atoms with E-state index in [-0.39, 0.29) is 17.9 Å². The molecule has 2 amide bonds. The van der Waals surface area contributed by atoms with Crippen molar-refractivity contribution in [2.75, 3.05) is 29.9 Å². The summed E-state index contributed by atoms with van der Waals surface area (Å²) in [4.78, 5) is 27.7. The molecule has 1 saturated carbocycles. The first kappa shape index (κ1) is 19.7. The number of alkyl halides is 3. The highest BCUT2D eigenvalue weighted by Gasteiger charge is 2.49. The molecule has 1 atom stereocenters. The van der Waals surface area contributed by atoms with Crippen LogP contribution in [-0.4, -0.2) is 48.6 Å². The average molecular weight is 383 g/mol. The van der Waals surface area contributed by atoms with Crippen LogP contribution in [0.3, 0.4) is 0 Å². The van der Waals surface area contributed by atoms with E-state index < -0.39 is 30.5 Å². The summed E-state index contributed by atoms with van der Waals surface area (Å²) in [6.07, 6.45) is -2.48. The predicted molar refractivity (Wildman–Crippen MR) is 96.5 cm³/mol. The third-order valence-electron chi connectivity index (χ3n) is 4.89. The summed E-state index contributed by atoms with van der Waals surface area (Å²) in [5, 5.41) is 2.48. The first-order chi connectivity index (χ1) is 12.8. The first-order valence-electron chi connectivity index (χ1n) is 9.29. The van der Waals surface area contributed by atoms with Gasteiger partial charge in [0.05, 0.1) is 24.3 Å². The molecule has 0 saturated heterocycles. The minimum atomic E-state index is -4.70. The number of nitrogens with one attached hydrogen (secondary N) is 1. The molecule has 1 aromatic rings.